The lowest BCUT2D eigenvalue weighted by atomic mass is 9.79. The Morgan fingerprint density at radius 1 is 0.585 bits per heavy atom. The molecule has 2 aliphatic rings. The van der Waals surface area contributed by atoms with Gasteiger partial charge in [0, 0.05) is 22.5 Å². The van der Waals surface area contributed by atoms with Gasteiger partial charge in [0.25, 0.3) is 0 Å². The van der Waals surface area contributed by atoms with Crippen molar-refractivity contribution in [2.75, 3.05) is 11.5 Å². The molecule has 0 radical (unpaired) electrons. The van der Waals surface area contributed by atoms with E-state index in [0.29, 0.717) is 6.61 Å². The SMILES string of the molecule is CC1(C)COB(c2ccc(N(c3ccc(-c4ccccc4)cc3)c3ccc4c(c3)C(C)(C)c3ccccc3-4)cc2)O1. The highest BCUT2D eigenvalue weighted by Gasteiger charge is 2.38. The van der Waals surface area contributed by atoms with Gasteiger partial charge in [0.05, 0.1) is 12.2 Å². The molecule has 0 spiro atoms. The van der Waals surface area contributed by atoms with Gasteiger partial charge < -0.3 is 14.2 Å². The minimum atomic E-state index is -0.336. The maximum atomic E-state index is 6.13. The van der Waals surface area contributed by atoms with Crippen LogP contribution >= 0.6 is 0 Å². The Balaban J connectivity index is 1.30. The van der Waals surface area contributed by atoms with Gasteiger partial charge in [-0.05, 0) is 89.1 Å². The Hall–Kier alpha value is -4.12. The van der Waals surface area contributed by atoms with Crippen LogP contribution in [0.1, 0.15) is 38.8 Å². The van der Waals surface area contributed by atoms with Crippen LogP contribution in [0.25, 0.3) is 22.3 Å². The third kappa shape index (κ3) is 4.58. The third-order valence-electron chi connectivity index (χ3n) is 8.49. The topological polar surface area (TPSA) is 21.7 Å². The molecule has 5 aromatic rings. The van der Waals surface area contributed by atoms with E-state index < -0.39 is 0 Å². The van der Waals surface area contributed by atoms with Gasteiger partial charge in [-0.2, -0.15) is 0 Å². The van der Waals surface area contributed by atoms with Crippen LogP contribution in [0.4, 0.5) is 17.1 Å². The molecule has 1 saturated heterocycles. The molecule has 0 atom stereocenters. The smallest absolute Gasteiger partial charge is 0.404 e. The minimum absolute atomic E-state index is 0.0708. The summed E-state index contributed by atoms with van der Waals surface area (Å²) in [7, 11) is -0.336. The van der Waals surface area contributed by atoms with Crippen molar-refractivity contribution in [1.29, 1.82) is 0 Å². The van der Waals surface area contributed by atoms with E-state index in [-0.39, 0.29) is 18.1 Å². The summed E-state index contributed by atoms with van der Waals surface area (Å²) in [5, 5.41) is 0. The Bertz CT molecular complexity index is 1710. The van der Waals surface area contributed by atoms with Crippen LogP contribution in [0.2, 0.25) is 0 Å². The molecular formula is C37H34BNO2. The highest BCUT2D eigenvalue weighted by Crippen LogP contribution is 2.50. The van der Waals surface area contributed by atoms with Crippen molar-refractivity contribution < 1.29 is 9.31 Å². The minimum Gasteiger partial charge on any atom is -0.404 e. The predicted molar refractivity (Wildman–Crippen MR) is 171 cm³/mol. The summed E-state index contributed by atoms with van der Waals surface area (Å²) in [5.41, 5.74) is 11.8. The van der Waals surface area contributed by atoms with E-state index in [9.17, 15) is 0 Å². The number of benzene rings is 5. The van der Waals surface area contributed by atoms with Crippen molar-refractivity contribution in [1.82, 2.24) is 0 Å². The molecule has 1 fully saturated rings. The lowest BCUT2D eigenvalue weighted by Crippen LogP contribution is -2.34. The Kier molecular flexibility index (Phi) is 6.15. The van der Waals surface area contributed by atoms with E-state index in [2.05, 4.69) is 154 Å². The maximum Gasteiger partial charge on any atom is 0.494 e. The molecule has 0 amide bonds. The van der Waals surface area contributed by atoms with Crippen LogP contribution in [0, 0.1) is 0 Å². The van der Waals surface area contributed by atoms with E-state index in [1.165, 1.54) is 33.4 Å². The summed E-state index contributed by atoms with van der Waals surface area (Å²) in [4.78, 5) is 2.35. The van der Waals surface area contributed by atoms with E-state index >= 15 is 0 Å². The molecule has 3 nitrogen and oxygen atoms in total. The molecule has 0 saturated carbocycles. The Morgan fingerprint density at radius 3 is 1.85 bits per heavy atom. The molecule has 1 aliphatic carbocycles. The number of fused-ring (bicyclic) bond motifs is 3. The summed E-state index contributed by atoms with van der Waals surface area (Å²) < 4.78 is 12.1. The van der Waals surface area contributed by atoms with Crippen molar-refractivity contribution in [2.45, 2.75) is 38.7 Å². The van der Waals surface area contributed by atoms with Gasteiger partial charge >= 0.3 is 7.12 Å². The van der Waals surface area contributed by atoms with Gasteiger partial charge in [-0.3, -0.25) is 0 Å². The maximum absolute atomic E-state index is 6.13. The zero-order chi connectivity index (χ0) is 28.2. The lowest BCUT2D eigenvalue weighted by molar-refractivity contribution is 0.137. The van der Waals surface area contributed by atoms with E-state index in [1.807, 2.05) is 0 Å². The molecule has 0 aromatic heterocycles. The third-order valence-corrected chi connectivity index (χ3v) is 8.49. The van der Waals surface area contributed by atoms with Gasteiger partial charge in [0.1, 0.15) is 0 Å². The number of hydrogen-bond donors (Lipinski definition) is 0. The number of rotatable bonds is 5. The predicted octanol–water partition coefficient (Wildman–Crippen LogP) is 8.65. The fourth-order valence-electron chi connectivity index (χ4n) is 6.29. The monoisotopic (exact) mass is 535 g/mol. The largest absolute Gasteiger partial charge is 0.494 e. The first-order chi connectivity index (χ1) is 19.8. The summed E-state index contributed by atoms with van der Waals surface area (Å²) in [5.74, 6) is 0. The second-order valence-corrected chi connectivity index (χ2v) is 12.3. The summed E-state index contributed by atoms with van der Waals surface area (Å²) in [6, 6.07) is 43.7. The van der Waals surface area contributed by atoms with Crippen LogP contribution in [-0.4, -0.2) is 19.3 Å². The molecule has 41 heavy (non-hydrogen) atoms. The average molecular weight is 535 g/mol. The number of hydrogen-bond acceptors (Lipinski definition) is 3. The zero-order valence-electron chi connectivity index (χ0n) is 24.1. The fourth-order valence-corrected chi connectivity index (χ4v) is 6.29. The molecule has 0 N–H and O–H groups in total. The molecule has 202 valence electrons. The van der Waals surface area contributed by atoms with Crippen molar-refractivity contribution in [3.63, 3.8) is 0 Å². The molecule has 4 heteroatoms. The molecule has 1 heterocycles. The second kappa shape index (κ2) is 9.76. The second-order valence-electron chi connectivity index (χ2n) is 12.3. The van der Waals surface area contributed by atoms with Gasteiger partial charge in [-0.25, -0.2) is 0 Å². The fraction of sp³-hybridized carbons (Fsp3) is 0.189. The van der Waals surface area contributed by atoms with Gasteiger partial charge in [0.15, 0.2) is 0 Å². The molecule has 0 bridgehead atoms. The normalized spacial score (nSPS) is 16.3. The summed E-state index contributed by atoms with van der Waals surface area (Å²) in [6.07, 6.45) is 0. The number of anilines is 3. The van der Waals surface area contributed by atoms with E-state index in [1.54, 1.807) is 0 Å². The van der Waals surface area contributed by atoms with Crippen LogP contribution in [0.15, 0.2) is 121 Å². The molecule has 1 aliphatic heterocycles. The van der Waals surface area contributed by atoms with E-state index in [4.69, 9.17) is 9.31 Å². The highest BCUT2D eigenvalue weighted by molar-refractivity contribution is 6.61. The highest BCUT2D eigenvalue weighted by atomic mass is 16.7. The van der Waals surface area contributed by atoms with Crippen molar-refractivity contribution >= 4 is 29.6 Å². The van der Waals surface area contributed by atoms with Crippen LogP contribution in [0.5, 0.6) is 0 Å². The van der Waals surface area contributed by atoms with Crippen LogP contribution < -0.4 is 10.4 Å². The van der Waals surface area contributed by atoms with Crippen LogP contribution in [0.3, 0.4) is 0 Å². The molecule has 7 rings (SSSR count). The van der Waals surface area contributed by atoms with Crippen molar-refractivity contribution in [3.05, 3.63) is 132 Å². The van der Waals surface area contributed by atoms with Crippen molar-refractivity contribution in [2.24, 2.45) is 0 Å². The first-order valence-corrected chi connectivity index (χ1v) is 14.4. The number of nitrogens with zero attached hydrogens (tertiary/aromatic N) is 1. The van der Waals surface area contributed by atoms with Gasteiger partial charge in [-0.1, -0.05) is 98.8 Å². The molecule has 5 aromatic carbocycles. The Morgan fingerprint density at radius 2 is 1.17 bits per heavy atom. The lowest BCUT2D eigenvalue weighted by Gasteiger charge is -2.28. The van der Waals surface area contributed by atoms with Crippen molar-refractivity contribution in [3.8, 4) is 22.3 Å². The summed E-state index contributed by atoms with van der Waals surface area (Å²) in [6.45, 7) is 9.38. The zero-order valence-corrected chi connectivity index (χ0v) is 24.1. The van der Waals surface area contributed by atoms with Gasteiger partial charge in [-0.15, -0.1) is 0 Å². The summed E-state index contributed by atoms with van der Waals surface area (Å²) >= 11 is 0. The molecule has 0 unspecified atom stereocenters. The van der Waals surface area contributed by atoms with E-state index in [0.717, 1.165) is 22.5 Å². The Labute approximate surface area is 243 Å². The first-order valence-electron chi connectivity index (χ1n) is 14.4. The standard InChI is InChI=1S/C37H34BNO2/c1-36(2)25-40-38(41-36)28-16-20-30(21-17-28)39(29-18-14-27(15-19-29)26-10-6-5-7-11-26)31-22-23-33-32-12-8-9-13-34(32)37(3,4)35(33)24-31/h5-24H,25H2,1-4H3. The average Bonchev–Trinajstić information content (AvgIpc) is 3.48. The first kappa shape index (κ1) is 25.8. The quantitative estimate of drug-likeness (QED) is 0.210. The molecular weight excluding hydrogens is 501 g/mol. The van der Waals surface area contributed by atoms with Crippen LogP contribution in [-0.2, 0) is 14.7 Å². The van der Waals surface area contributed by atoms with Gasteiger partial charge in [0.2, 0.25) is 0 Å².